The van der Waals surface area contributed by atoms with Gasteiger partial charge in [-0.05, 0) is 54.4 Å². The highest BCUT2D eigenvalue weighted by atomic mass is 14.9. The second kappa shape index (κ2) is 6.13. The van der Waals surface area contributed by atoms with Crippen LogP contribution >= 0.6 is 0 Å². The lowest BCUT2D eigenvalue weighted by Crippen LogP contribution is -2.17. The first-order valence-corrected chi connectivity index (χ1v) is 7.77. The molecule has 0 fully saturated rings. The average Bonchev–Trinajstić information content (AvgIpc) is 2.53. The Hall–Kier alpha value is -1.76. The van der Waals surface area contributed by atoms with Crippen molar-refractivity contribution in [3.63, 3.8) is 0 Å². The summed E-state index contributed by atoms with van der Waals surface area (Å²) in [7, 11) is 0. The second-order valence-electron chi connectivity index (χ2n) is 5.71. The third-order valence-electron chi connectivity index (χ3n) is 4.42. The Balaban J connectivity index is 1.66. The SMILES string of the molecule is CCc1ccc(CCC2CCNc3ccccc32)cc1. The number of benzene rings is 2. The molecule has 20 heavy (non-hydrogen) atoms. The van der Waals surface area contributed by atoms with E-state index in [-0.39, 0.29) is 0 Å². The van der Waals surface area contributed by atoms with Crippen molar-refractivity contribution < 1.29 is 0 Å². The predicted molar refractivity (Wildman–Crippen MR) is 86.4 cm³/mol. The van der Waals surface area contributed by atoms with E-state index in [2.05, 4.69) is 60.8 Å². The highest BCUT2D eigenvalue weighted by molar-refractivity contribution is 5.54. The predicted octanol–water partition coefficient (Wildman–Crippen LogP) is 4.78. The van der Waals surface area contributed by atoms with Crippen LogP contribution in [0.3, 0.4) is 0 Å². The first-order valence-electron chi connectivity index (χ1n) is 7.77. The van der Waals surface area contributed by atoms with Gasteiger partial charge < -0.3 is 5.32 Å². The molecule has 2 aromatic rings. The van der Waals surface area contributed by atoms with Crippen LogP contribution in [-0.4, -0.2) is 6.54 Å². The molecule has 0 saturated heterocycles. The number of hydrogen-bond donors (Lipinski definition) is 1. The zero-order valence-electron chi connectivity index (χ0n) is 12.2. The molecule has 0 aromatic heterocycles. The van der Waals surface area contributed by atoms with Crippen LogP contribution in [-0.2, 0) is 12.8 Å². The Labute approximate surface area is 122 Å². The topological polar surface area (TPSA) is 12.0 Å². The maximum Gasteiger partial charge on any atom is 0.0375 e. The molecule has 0 saturated carbocycles. The summed E-state index contributed by atoms with van der Waals surface area (Å²) in [5.74, 6) is 0.707. The van der Waals surface area contributed by atoms with E-state index in [9.17, 15) is 0 Å². The summed E-state index contributed by atoms with van der Waals surface area (Å²) in [6.45, 7) is 3.32. The molecule has 0 amide bonds. The van der Waals surface area contributed by atoms with Crippen LogP contribution in [0.5, 0.6) is 0 Å². The summed E-state index contributed by atoms with van der Waals surface area (Å²) in [5.41, 5.74) is 5.74. The molecular formula is C19H23N. The lowest BCUT2D eigenvalue weighted by Gasteiger charge is -2.26. The third-order valence-corrected chi connectivity index (χ3v) is 4.42. The molecule has 1 nitrogen and oxygen atoms in total. The van der Waals surface area contributed by atoms with Gasteiger partial charge in [0, 0.05) is 12.2 Å². The van der Waals surface area contributed by atoms with Gasteiger partial charge in [0.15, 0.2) is 0 Å². The van der Waals surface area contributed by atoms with Gasteiger partial charge in [0.2, 0.25) is 0 Å². The van der Waals surface area contributed by atoms with E-state index in [0.717, 1.165) is 13.0 Å². The highest BCUT2D eigenvalue weighted by Crippen LogP contribution is 2.34. The van der Waals surface area contributed by atoms with Crippen LogP contribution < -0.4 is 5.32 Å². The zero-order chi connectivity index (χ0) is 13.8. The minimum atomic E-state index is 0.707. The van der Waals surface area contributed by atoms with E-state index < -0.39 is 0 Å². The Morgan fingerprint density at radius 3 is 2.55 bits per heavy atom. The van der Waals surface area contributed by atoms with Gasteiger partial charge in [0.25, 0.3) is 0 Å². The van der Waals surface area contributed by atoms with Crippen LogP contribution in [0.2, 0.25) is 0 Å². The quantitative estimate of drug-likeness (QED) is 0.838. The van der Waals surface area contributed by atoms with Gasteiger partial charge >= 0.3 is 0 Å². The van der Waals surface area contributed by atoms with Crippen molar-refractivity contribution in [3.8, 4) is 0 Å². The summed E-state index contributed by atoms with van der Waals surface area (Å²) in [6, 6.07) is 17.9. The van der Waals surface area contributed by atoms with Gasteiger partial charge in [0.1, 0.15) is 0 Å². The van der Waals surface area contributed by atoms with Crippen molar-refractivity contribution >= 4 is 5.69 Å². The van der Waals surface area contributed by atoms with Gasteiger partial charge in [-0.25, -0.2) is 0 Å². The summed E-state index contributed by atoms with van der Waals surface area (Å²) in [6.07, 6.45) is 4.82. The molecule has 1 N–H and O–H groups in total. The number of aryl methyl sites for hydroxylation is 2. The molecule has 0 radical (unpaired) electrons. The number of para-hydroxylation sites is 1. The van der Waals surface area contributed by atoms with E-state index in [1.807, 2.05) is 0 Å². The average molecular weight is 265 g/mol. The molecule has 0 aliphatic carbocycles. The van der Waals surface area contributed by atoms with E-state index in [1.165, 1.54) is 41.6 Å². The maximum absolute atomic E-state index is 3.51. The third kappa shape index (κ3) is 2.87. The van der Waals surface area contributed by atoms with E-state index >= 15 is 0 Å². The summed E-state index contributed by atoms with van der Waals surface area (Å²) < 4.78 is 0. The van der Waals surface area contributed by atoms with E-state index in [1.54, 1.807) is 0 Å². The minimum Gasteiger partial charge on any atom is -0.385 e. The number of hydrogen-bond acceptors (Lipinski definition) is 1. The van der Waals surface area contributed by atoms with Gasteiger partial charge in [-0.2, -0.15) is 0 Å². The Morgan fingerprint density at radius 1 is 1.00 bits per heavy atom. The molecule has 104 valence electrons. The normalized spacial score (nSPS) is 17.4. The fourth-order valence-electron chi connectivity index (χ4n) is 3.13. The van der Waals surface area contributed by atoms with Crippen molar-refractivity contribution in [2.45, 2.75) is 38.5 Å². The largest absolute Gasteiger partial charge is 0.385 e. The number of nitrogens with one attached hydrogen (secondary N) is 1. The van der Waals surface area contributed by atoms with Crippen LogP contribution in [0.1, 0.15) is 42.4 Å². The molecule has 1 heteroatoms. The first-order chi connectivity index (χ1) is 9.86. The van der Waals surface area contributed by atoms with E-state index in [4.69, 9.17) is 0 Å². The minimum absolute atomic E-state index is 0.707. The van der Waals surface area contributed by atoms with Crippen molar-refractivity contribution in [3.05, 3.63) is 65.2 Å². The first kappa shape index (κ1) is 13.2. The molecule has 0 spiro atoms. The lowest BCUT2D eigenvalue weighted by molar-refractivity contribution is 0.579. The molecule has 1 atom stereocenters. The van der Waals surface area contributed by atoms with Gasteiger partial charge in [0.05, 0.1) is 0 Å². The molecule has 3 rings (SSSR count). The molecule has 2 aromatic carbocycles. The van der Waals surface area contributed by atoms with Crippen molar-refractivity contribution in [2.24, 2.45) is 0 Å². The van der Waals surface area contributed by atoms with Gasteiger partial charge in [-0.1, -0.05) is 49.4 Å². The van der Waals surface area contributed by atoms with Crippen LogP contribution in [0.15, 0.2) is 48.5 Å². The van der Waals surface area contributed by atoms with Crippen molar-refractivity contribution in [1.29, 1.82) is 0 Å². The van der Waals surface area contributed by atoms with Crippen molar-refractivity contribution in [2.75, 3.05) is 11.9 Å². The molecule has 1 unspecified atom stereocenters. The molecule has 1 aliphatic rings. The maximum atomic E-state index is 3.51. The molecule has 1 aliphatic heterocycles. The lowest BCUT2D eigenvalue weighted by atomic mass is 9.86. The van der Waals surface area contributed by atoms with Crippen LogP contribution in [0.4, 0.5) is 5.69 Å². The molecular weight excluding hydrogens is 242 g/mol. The standard InChI is InChI=1S/C19H23N/c1-2-15-7-9-16(10-8-15)11-12-17-13-14-20-19-6-4-3-5-18(17)19/h3-10,17,20H,2,11-14H2,1H3. The fourth-order valence-corrected chi connectivity index (χ4v) is 3.13. The Morgan fingerprint density at radius 2 is 1.75 bits per heavy atom. The second-order valence-corrected chi connectivity index (χ2v) is 5.71. The zero-order valence-corrected chi connectivity index (χ0v) is 12.2. The van der Waals surface area contributed by atoms with Crippen LogP contribution in [0.25, 0.3) is 0 Å². The Bertz CT molecular complexity index is 556. The Kier molecular flexibility index (Phi) is 4.05. The van der Waals surface area contributed by atoms with Crippen LogP contribution in [0, 0.1) is 0 Å². The number of anilines is 1. The fraction of sp³-hybridized carbons (Fsp3) is 0.368. The molecule has 0 bridgehead atoms. The number of rotatable bonds is 4. The van der Waals surface area contributed by atoms with E-state index in [0.29, 0.717) is 5.92 Å². The summed E-state index contributed by atoms with van der Waals surface area (Å²) in [4.78, 5) is 0. The highest BCUT2D eigenvalue weighted by Gasteiger charge is 2.18. The number of fused-ring (bicyclic) bond motifs is 1. The van der Waals surface area contributed by atoms with Gasteiger partial charge in [-0.15, -0.1) is 0 Å². The van der Waals surface area contributed by atoms with Gasteiger partial charge in [-0.3, -0.25) is 0 Å². The summed E-state index contributed by atoms with van der Waals surface area (Å²) in [5, 5.41) is 3.51. The smallest absolute Gasteiger partial charge is 0.0375 e. The van der Waals surface area contributed by atoms with Crippen molar-refractivity contribution in [1.82, 2.24) is 0 Å². The molecule has 1 heterocycles. The monoisotopic (exact) mass is 265 g/mol. The summed E-state index contributed by atoms with van der Waals surface area (Å²) >= 11 is 0.